The van der Waals surface area contributed by atoms with Gasteiger partial charge in [-0.05, 0) is 39.2 Å². The minimum absolute atomic E-state index is 0.0393. The highest BCUT2D eigenvalue weighted by molar-refractivity contribution is 7.20. The van der Waals surface area contributed by atoms with Gasteiger partial charge in [-0.1, -0.05) is 0 Å². The number of carbonyl (C=O) groups is 2. The molecule has 1 unspecified atom stereocenters. The molecule has 2 aromatic heterocycles. The number of piperidine rings is 1. The van der Waals surface area contributed by atoms with E-state index in [1.54, 1.807) is 25.9 Å². The SMILES string of the molecule is CCOC(=O)c1sc2nc(C)nc(N3CCCC(C(=O)N(C)C)C3)c2c1C. The predicted octanol–water partition coefficient (Wildman–Crippen LogP) is 2.79. The van der Waals surface area contributed by atoms with Crippen molar-refractivity contribution in [2.45, 2.75) is 33.6 Å². The van der Waals surface area contributed by atoms with E-state index in [4.69, 9.17) is 4.74 Å². The molecular formula is C19H26N4O3S. The molecule has 2 aromatic rings. The normalized spacial score (nSPS) is 17.2. The number of aromatic nitrogens is 2. The molecule has 3 rings (SSSR count). The van der Waals surface area contributed by atoms with Crippen LogP contribution in [0.4, 0.5) is 5.82 Å². The highest BCUT2D eigenvalue weighted by atomic mass is 32.1. The Morgan fingerprint density at radius 3 is 2.70 bits per heavy atom. The van der Waals surface area contributed by atoms with Crippen LogP contribution < -0.4 is 4.90 Å². The molecule has 0 N–H and O–H groups in total. The molecule has 1 amide bonds. The number of ether oxygens (including phenoxy) is 1. The summed E-state index contributed by atoms with van der Waals surface area (Å²) in [6.07, 6.45) is 1.82. The molecular weight excluding hydrogens is 364 g/mol. The monoisotopic (exact) mass is 390 g/mol. The summed E-state index contributed by atoms with van der Waals surface area (Å²) in [6.45, 7) is 7.38. The van der Waals surface area contributed by atoms with Gasteiger partial charge in [-0.25, -0.2) is 14.8 Å². The zero-order chi connectivity index (χ0) is 19.7. The summed E-state index contributed by atoms with van der Waals surface area (Å²) >= 11 is 1.35. The van der Waals surface area contributed by atoms with Crippen LogP contribution in [-0.4, -0.2) is 60.5 Å². The fourth-order valence-corrected chi connectivity index (χ4v) is 4.69. The molecule has 0 saturated carbocycles. The van der Waals surface area contributed by atoms with Gasteiger partial charge in [-0.2, -0.15) is 0 Å². The Morgan fingerprint density at radius 2 is 2.04 bits per heavy atom. The van der Waals surface area contributed by atoms with Crippen LogP contribution in [0.25, 0.3) is 10.2 Å². The first kappa shape index (κ1) is 19.5. The fourth-order valence-electron chi connectivity index (χ4n) is 3.58. The van der Waals surface area contributed by atoms with E-state index in [1.807, 2.05) is 13.8 Å². The van der Waals surface area contributed by atoms with Crippen molar-refractivity contribution in [1.29, 1.82) is 0 Å². The Hall–Kier alpha value is -2.22. The molecule has 0 bridgehead atoms. The molecule has 146 valence electrons. The molecule has 1 atom stereocenters. The quantitative estimate of drug-likeness (QED) is 0.747. The average Bonchev–Trinajstić information content (AvgIpc) is 2.97. The van der Waals surface area contributed by atoms with Gasteiger partial charge in [0.15, 0.2) is 0 Å². The lowest BCUT2D eigenvalue weighted by Gasteiger charge is -2.34. The first-order valence-electron chi connectivity index (χ1n) is 9.24. The second kappa shape index (κ2) is 7.80. The molecule has 1 aliphatic rings. The maximum atomic E-state index is 12.4. The molecule has 1 aliphatic heterocycles. The largest absolute Gasteiger partial charge is 0.462 e. The molecule has 0 radical (unpaired) electrons. The van der Waals surface area contributed by atoms with Crippen LogP contribution in [0, 0.1) is 19.8 Å². The topological polar surface area (TPSA) is 75.6 Å². The standard InChI is InChI=1S/C19H26N4O3S/c1-6-26-19(25)15-11(2)14-16(20-12(3)21-17(14)27-15)23-9-7-8-13(10-23)18(24)22(4)5/h13H,6-10H2,1-5H3. The third-order valence-electron chi connectivity index (χ3n) is 4.85. The van der Waals surface area contributed by atoms with Crippen molar-refractivity contribution in [3.63, 3.8) is 0 Å². The molecule has 3 heterocycles. The third-order valence-corrected chi connectivity index (χ3v) is 6.02. The maximum absolute atomic E-state index is 12.4. The van der Waals surface area contributed by atoms with Gasteiger partial charge in [0.05, 0.1) is 17.9 Å². The highest BCUT2D eigenvalue weighted by Crippen LogP contribution is 2.37. The van der Waals surface area contributed by atoms with Gasteiger partial charge in [-0.3, -0.25) is 4.79 Å². The van der Waals surface area contributed by atoms with Crippen LogP contribution in [-0.2, 0) is 9.53 Å². The Kier molecular flexibility index (Phi) is 5.64. The maximum Gasteiger partial charge on any atom is 0.348 e. The summed E-state index contributed by atoms with van der Waals surface area (Å²) in [4.78, 5) is 39.2. The van der Waals surface area contributed by atoms with Crippen LogP contribution in [0.3, 0.4) is 0 Å². The van der Waals surface area contributed by atoms with Crippen molar-refractivity contribution in [3.05, 3.63) is 16.3 Å². The van der Waals surface area contributed by atoms with Crippen LogP contribution >= 0.6 is 11.3 Å². The van der Waals surface area contributed by atoms with E-state index in [0.717, 1.165) is 41.0 Å². The van der Waals surface area contributed by atoms with Gasteiger partial charge in [0, 0.05) is 27.2 Å². The van der Waals surface area contributed by atoms with Crippen LogP contribution in [0.2, 0.25) is 0 Å². The number of carbonyl (C=O) groups excluding carboxylic acids is 2. The molecule has 27 heavy (non-hydrogen) atoms. The van der Waals surface area contributed by atoms with Crippen molar-refractivity contribution < 1.29 is 14.3 Å². The molecule has 8 heteroatoms. The zero-order valence-electron chi connectivity index (χ0n) is 16.5. The second-order valence-electron chi connectivity index (χ2n) is 7.07. The Labute approximate surface area is 163 Å². The number of esters is 1. The van der Waals surface area contributed by atoms with E-state index >= 15 is 0 Å². The number of hydrogen-bond acceptors (Lipinski definition) is 7. The van der Waals surface area contributed by atoms with Crippen LogP contribution in [0.1, 0.15) is 40.8 Å². The van der Waals surface area contributed by atoms with E-state index in [0.29, 0.717) is 23.9 Å². The first-order chi connectivity index (χ1) is 12.8. The van der Waals surface area contributed by atoms with Crippen molar-refractivity contribution in [2.24, 2.45) is 5.92 Å². The van der Waals surface area contributed by atoms with E-state index < -0.39 is 0 Å². The molecule has 7 nitrogen and oxygen atoms in total. The van der Waals surface area contributed by atoms with Crippen molar-refractivity contribution in [3.8, 4) is 0 Å². The second-order valence-corrected chi connectivity index (χ2v) is 8.07. The van der Waals surface area contributed by atoms with Crippen molar-refractivity contribution >= 4 is 39.2 Å². The van der Waals surface area contributed by atoms with Gasteiger partial charge >= 0.3 is 5.97 Å². The number of hydrogen-bond donors (Lipinski definition) is 0. The molecule has 0 aliphatic carbocycles. The van der Waals surface area contributed by atoms with E-state index in [1.165, 1.54) is 11.3 Å². The lowest BCUT2D eigenvalue weighted by molar-refractivity contribution is -0.133. The molecule has 0 aromatic carbocycles. The van der Waals surface area contributed by atoms with E-state index in [2.05, 4.69) is 14.9 Å². The van der Waals surface area contributed by atoms with Crippen LogP contribution in [0.5, 0.6) is 0 Å². The van der Waals surface area contributed by atoms with Gasteiger partial charge in [0.2, 0.25) is 5.91 Å². The summed E-state index contributed by atoms with van der Waals surface area (Å²) in [5, 5.41) is 0.895. The fraction of sp³-hybridized carbons (Fsp3) is 0.579. The third kappa shape index (κ3) is 3.76. The Morgan fingerprint density at radius 1 is 1.30 bits per heavy atom. The summed E-state index contributed by atoms with van der Waals surface area (Å²) < 4.78 is 5.19. The predicted molar refractivity (Wildman–Crippen MR) is 106 cm³/mol. The van der Waals surface area contributed by atoms with E-state index in [-0.39, 0.29) is 17.8 Å². The Bertz CT molecular complexity index is 877. The lowest BCUT2D eigenvalue weighted by atomic mass is 9.96. The van der Waals surface area contributed by atoms with Crippen molar-refractivity contribution in [1.82, 2.24) is 14.9 Å². The lowest BCUT2D eigenvalue weighted by Crippen LogP contribution is -2.43. The number of rotatable bonds is 4. The molecule has 1 fully saturated rings. The number of amides is 1. The Balaban J connectivity index is 2.03. The summed E-state index contributed by atoms with van der Waals surface area (Å²) in [5.41, 5.74) is 0.851. The number of aryl methyl sites for hydroxylation is 2. The van der Waals surface area contributed by atoms with Crippen LogP contribution in [0.15, 0.2) is 0 Å². The molecule has 1 saturated heterocycles. The number of fused-ring (bicyclic) bond motifs is 1. The van der Waals surface area contributed by atoms with Crippen molar-refractivity contribution in [2.75, 3.05) is 38.7 Å². The number of nitrogens with zero attached hydrogens (tertiary/aromatic N) is 4. The van der Waals surface area contributed by atoms with Gasteiger partial charge in [0.1, 0.15) is 21.3 Å². The minimum Gasteiger partial charge on any atom is -0.462 e. The number of anilines is 1. The van der Waals surface area contributed by atoms with E-state index in [9.17, 15) is 9.59 Å². The average molecular weight is 391 g/mol. The zero-order valence-corrected chi connectivity index (χ0v) is 17.4. The van der Waals surface area contributed by atoms with Gasteiger partial charge in [-0.15, -0.1) is 11.3 Å². The highest BCUT2D eigenvalue weighted by Gasteiger charge is 2.30. The smallest absolute Gasteiger partial charge is 0.348 e. The first-order valence-corrected chi connectivity index (χ1v) is 10.1. The number of thiophene rings is 1. The van der Waals surface area contributed by atoms with Gasteiger partial charge < -0.3 is 14.5 Å². The summed E-state index contributed by atoms with van der Waals surface area (Å²) in [6, 6.07) is 0. The van der Waals surface area contributed by atoms with Gasteiger partial charge in [0.25, 0.3) is 0 Å². The molecule has 0 spiro atoms. The minimum atomic E-state index is -0.319. The summed E-state index contributed by atoms with van der Waals surface area (Å²) in [7, 11) is 3.59. The summed E-state index contributed by atoms with van der Waals surface area (Å²) in [5.74, 6) is 1.27.